The summed E-state index contributed by atoms with van der Waals surface area (Å²) in [6.07, 6.45) is 1.75. The van der Waals surface area contributed by atoms with Crippen molar-refractivity contribution in [3.8, 4) is 11.3 Å². The molecule has 3 nitrogen and oxygen atoms in total. The molecule has 0 aliphatic heterocycles. The number of nitrogens with one attached hydrogen (secondary N) is 1. The van der Waals surface area contributed by atoms with Crippen molar-refractivity contribution in [1.82, 2.24) is 10.5 Å². The molecule has 1 heterocycles. The Balaban J connectivity index is 2.23. The minimum absolute atomic E-state index is 0.0584. The molecular formula is C14H17ClN2O. The molecule has 0 radical (unpaired) electrons. The average molecular weight is 265 g/mol. The number of rotatable bonds is 3. The van der Waals surface area contributed by atoms with E-state index in [2.05, 4.69) is 31.2 Å². The summed E-state index contributed by atoms with van der Waals surface area (Å²) >= 11 is 5.99. The van der Waals surface area contributed by atoms with Crippen molar-refractivity contribution < 1.29 is 4.52 Å². The van der Waals surface area contributed by atoms with Gasteiger partial charge in [0, 0.05) is 28.2 Å². The summed E-state index contributed by atoms with van der Waals surface area (Å²) in [5.41, 5.74) is 2.04. The number of nitrogens with zero attached hydrogens (tertiary/aromatic N) is 1. The molecule has 0 aliphatic rings. The topological polar surface area (TPSA) is 38.1 Å². The molecule has 0 atom stereocenters. The zero-order chi connectivity index (χ0) is 13.2. The predicted molar refractivity (Wildman–Crippen MR) is 73.5 cm³/mol. The molecular weight excluding hydrogens is 248 g/mol. The number of halogens is 1. The number of hydrogen-bond donors (Lipinski definition) is 1. The highest BCUT2D eigenvalue weighted by molar-refractivity contribution is 6.30. The third-order valence-corrected chi connectivity index (χ3v) is 2.78. The molecule has 0 saturated carbocycles. The third kappa shape index (κ3) is 3.34. The van der Waals surface area contributed by atoms with Crippen LogP contribution in [0.4, 0.5) is 0 Å². The monoisotopic (exact) mass is 264 g/mol. The fourth-order valence-corrected chi connectivity index (χ4v) is 1.80. The largest absolute Gasteiger partial charge is 0.356 e. The van der Waals surface area contributed by atoms with E-state index in [1.807, 2.05) is 24.3 Å². The molecule has 0 saturated heterocycles. The Morgan fingerprint density at radius 3 is 2.78 bits per heavy atom. The van der Waals surface area contributed by atoms with Gasteiger partial charge in [-0.3, -0.25) is 0 Å². The summed E-state index contributed by atoms with van der Waals surface area (Å²) < 4.78 is 5.32. The number of aromatic nitrogens is 1. The molecule has 1 N–H and O–H groups in total. The van der Waals surface area contributed by atoms with E-state index in [1.54, 1.807) is 6.20 Å². The second-order valence-electron chi connectivity index (χ2n) is 5.29. The van der Waals surface area contributed by atoms with Gasteiger partial charge in [-0.15, -0.1) is 0 Å². The molecule has 1 aromatic heterocycles. The molecule has 0 fully saturated rings. The van der Waals surface area contributed by atoms with Crippen molar-refractivity contribution in [3.05, 3.63) is 41.0 Å². The highest BCUT2D eigenvalue weighted by Gasteiger charge is 2.14. The van der Waals surface area contributed by atoms with Crippen LogP contribution in [0.3, 0.4) is 0 Å². The maximum atomic E-state index is 5.99. The van der Waals surface area contributed by atoms with E-state index in [1.165, 1.54) is 0 Å². The highest BCUT2D eigenvalue weighted by Crippen LogP contribution is 2.26. The molecule has 2 aromatic rings. The van der Waals surface area contributed by atoms with Crippen LogP contribution >= 0.6 is 11.6 Å². The smallest absolute Gasteiger partial charge is 0.171 e. The Hall–Kier alpha value is -1.32. The lowest BCUT2D eigenvalue weighted by atomic mass is 10.1. The molecule has 2 rings (SSSR count). The second kappa shape index (κ2) is 5.12. The van der Waals surface area contributed by atoms with E-state index in [9.17, 15) is 0 Å². The molecule has 18 heavy (non-hydrogen) atoms. The molecule has 0 spiro atoms. The van der Waals surface area contributed by atoms with E-state index in [4.69, 9.17) is 16.1 Å². The van der Waals surface area contributed by atoms with Gasteiger partial charge in [0.05, 0.1) is 6.20 Å². The number of benzene rings is 1. The summed E-state index contributed by atoms with van der Waals surface area (Å²) in [6, 6.07) is 7.59. The van der Waals surface area contributed by atoms with Crippen LogP contribution in [0.1, 0.15) is 26.3 Å². The summed E-state index contributed by atoms with van der Waals surface area (Å²) in [4.78, 5) is 0. The predicted octanol–water partition coefficient (Wildman–Crippen LogP) is 3.88. The van der Waals surface area contributed by atoms with Crippen LogP contribution in [0.2, 0.25) is 5.02 Å². The normalized spacial score (nSPS) is 11.8. The molecule has 0 bridgehead atoms. The van der Waals surface area contributed by atoms with Crippen molar-refractivity contribution in [3.63, 3.8) is 0 Å². The van der Waals surface area contributed by atoms with Crippen LogP contribution in [0, 0.1) is 0 Å². The standard InChI is InChI=1S/C14H17ClN2O/c1-14(2,3)16-8-11-9-17-18-13(11)10-5-4-6-12(15)7-10/h4-7,9,16H,8H2,1-3H3. The first-order chi connectivity index (χ1) is 8.46. The summed E-state index contributed by atoms with van der Waals surface area (Å²) in [5.74, 6) is 0.772. The van der Waals surface area contributed by atoms with Gasteiger partial charge in [-0.05, 0) is 32.9 Å². The van der Waals surface area contributed by atoms with E-state index in [0.717, 1.165) is 23.4 Å². The molecule has 0 unspecified atom stereocenters. The summed E-state index contributed by atoms with van der Waals surface area (Å²) in [6.45, 7) is 7.09. The third-order valence-electron chi connectivity index (χ3n) is 2.54. The van der Waals surface area contributed by atoms with E-state index in [-0.39, 0.29) is 5.54 Å². The minimum Gasteiger partial charge on any atom is -0.356 e. The first-order valence-corrected chi connectivity index (χ1v) is 6.28. The lowest BCUT2D eigenvalue weighted by Crippen LogP contribution is -2.35. The van der Waals surface area contributed by atoms with Gasteiger partial charge in [-0.25, -0.2) is 0 Å². The van der Waals surface area contributed by atoms with Gasteiger partial charge in [0.1, 0.15) is 0 Å². The van der Waals surface area contributed by atoms with E-state index >= 15 is 0 Å². The Bertz CT molecular complexity index is 529. The second-order valence-corrected chi connectivity index (χ2v) is 5.73. The van der Waals surface area contributed by atoms with Gasteiger partial charge in [0.15, 0.2) is 5.76 Å². The van der Waals surface area contributed by atoms with Gasteiger partial charge in [0.2, 0.25) is 0 Å². The van der Waals surface area contributed by atoms with Crippen molar-refractivity contribution in [2.45, 2.75) is 32.9 Å². The Morgan fingerprint density at radius 1 is 1.33 bits per heavy atom. The van der Waals surface area contributed by atoms with Crippen molar-refractivity contribution in [2.75, 3.05) is 0 Å². The van der Waals surface area contributed by atoms with Gasteiger partial charge in [-0.1, -0.05) is 28.9 Å². The summed E-state index contributed by atoms with van der Waals surface area (Å²) in [5, 5.41) is 7.98. The van der Waals surface area contributed by atoms with Crippen molar-refractivity contribution in [1.29, 1.82) is 0 Å². The van der Waals surface area contributed by atoms with Gasteiger partial charge in [-0.2, -0.15) is 0 Å². The van der Waals surface area contributed by atoms with Gasteiger partial charge < -0.3 is 9.84 Å². The van der Waals surface area contributed by atoms with Crippen LogP contribution in [-0.4, -0.2) is 10.7 Å². The molecule has 0 amide bonds. The fraction of sp³-hybridized carbons (Fsp3) is 0.357. The maximum Gasteiger partial charge on any atom is 0.171 e. The van der Waals surface area contributed by atoms with Crippen LogP contribution < -0.4 is 5.32 Å². The van der Waals surface area contributed by atoms with Crippen LogP contribution in [-0.2, 0) is 6.54 Å². The van der Waals surface area contributed by atoms with E-state index in [0.29, 0.717) is 5.02 Å². The van der Waals surface area contributed by atoms with Gasteiger partial charge >= 0.3 is 0 Å². The highest BCUT2D eigenvalue weighted by atomic mass is 35.5. The Morgan fingerprint density at radius 2 is 2.11 bits per heavy atom. The summed E-state index contributed by atoms with van der Waals surface area (Å²) in [7, 11) is 0. The van der Waals surface area contributed by atoms with Crippen molar-refractivity contribution >= 4 is 11.6 Å². The first kappa shape index (κ1) is 13.1. The zero-order valence-electron chi connectivity index (χ0n) is 10.8. The van der Waals surface area contributed by atoms with Crippen LogP contribution in [0.5, 0.6) is 0 Å². The van der Waals surface area contributed by atoms with Gasteiger partial charge in [0.25, 0.3) is 0 Å². The van der Waals surface area contributed by atoms with Crippen LogP contribution in [0.15, 0.2) is 35.0 Å². The Labute approximate surface area is 112 Å². The van der Waals surface area contributed by atoms with Crippen molar-refractivity contribution in [2.24, 2.45) is 0 Å². The van der Waals surface area contributed by atoms with E-state index < -0.39 is 0 Å². The fourth-order valence-electron chi connectivity index (χ4n) is 1.61. The number of hydrogen-bond acceptors (Lipinski definition) is 3. The minimum atomic E-state index is 0.0584. The molecule has 96 valence electrons. The lowest BCUT2D eigenvalue weighted by molar-refractivity contribution is 0.418. The Kier molecular flexibility index (Phi) is 3.73. The maximum absolute atomic E-state index is 5.99. The zero-order valence-corrected chi connectivity index (χ0v) is 11.6. The molecule has 1 aromatic carbocycles. The van der Waals surface area contributed by atoms with Crippen LogP contribution in [0.25, 0.3) is 11.3 Å². The first-order valence-electron chi connectivity index (χ1n) is 5.90. The average Bonchev–Trinajstić information content (AvgIpc) is 2.73. The quantitative estimate of drug-likeness (QED) is 0.914. The molecule has 0 aliphatic carbocycles. The SMILES string of the molecule is CC(C)(C)NCc1cnoc1-c1cccc(Cl)c1. The lowest BCUT2D eigenvalue weighted by Gasteiger charge is -2.20. The molecule has 4 heteroatoms.